The minimum Gasteiger partial charge on any atom is -0.489 e. The Labute approximate surface area is 154 Å². The number of aryl methyl sites for hydroxylation is 3. The van der Waals surface area contributed by atoms with Crippen LogP contribution in [0.25, 0.3) is 0 Å². The Hall–Kier alpha value is -2.00. The van der Waals surface area contributed by atoms with Gasteiger partial charge in [0, 0.05) is 10.6 Å². The first-order valence-corrected chi connectivity index (χ1v) is 8.92. The first-order chi connectivity index (χ1) is 11.8. The summed E-state index contributed by atoms with van der Waals surface area (Å²) in [7, 11) is 0. The van der Waals surface area contributed by atoms with Gasteiger partial charge in [-0.15, -0.1) is 0 Å². The van der Waals surface area contributed by atoms with E-state index in [2.05, 4.69) is 6.92 Å². The monoisotopic (exact) mass is 360 g/mol. The van der Waals surface area contributed by atoms with E-state index in [9.17, 15) is 4.79 Å². The maximum atomic E-state index is 12.4. The van der Waals surface area contributed by atoms with Gasteiger partial charge in [-0.25, -0.2) is 4.79 Å². The van der Waals surface area contributed by atoms with Gasteiger partial charge in [0.05, 0.1) is 11.7 Å². The van der Waals surface area contributed by atoms with Crippen molar-refractivity contribution in [1.29, 1.82) is 0 Å². The normalized spacial score (nSPS) is 10.8. The van der Waals surface area contributed by atoms with Crippen LogP contribution in [0.5, 0.6) is 5.75 Å². The Morgan fingerprint density at radius 2 is 1.88 bits per heavy atom. The van der Waals surface area contributed by atoms with E-state index in [1.165, 1.54) is 0 Å². The van der Waals surface area contributed by atoms with Gasteiger partial charge in [-0.05, 0) is 62.9 Å². The van der Waals surface area contributed by atoms with Crippen LogP contribution in [0.3, 0.4) is 0 Å². The van der Waals surface area contributed by atoms with Crippen molar-refractivity contribution >= 4 is 17.6 Å². The molecule has 0 unspecified atom stereocenters. The smallest absolute Gasteiger partial charge is 0.338 e. The molecule has 0 bridgehead atoms. The predicted molar refractivity (Wildman–Crippen MR) is 102 cm³/mol. The summed E-state index contributed by atoms with van der Waals surface area (Å²) >= 11 is 6.21. The van der Waals surface area contributed by atoms with E-state index in [-0.39, 0.29) is 12.1 Å². The lowest BCUT2D eigenvalue weighted by Crippen LogP contribution is -2.16. The highest BCUT2D eigenvalue weighted by Gasteiger charge is 2.17. The van der Waals surface area contributed by atoms with Gasteiger partial charge >= 0.3 is 5.97 Å². The average molecular weight is 361 g/mol. The summed E-state index contributed by atoms with van der Waals surface area (Å²) in [5.41, 5.74) is 4.54. The summed E-state index contributed by atoms with van der Waals surface area (Å²) in [6, 6.07) is 9.51. The number of rotatable bonds is 6. The number of halogens is 1. The lowest BCUT2D eigenvalue weighted by Gasteiger charge is -2.17. The SMILES string of the molecule is CCc1cccc(C(=O)OC(C)C)c1COc1cc(Cl)c(C)cc1C. The molecule has 0 aliphatic carbocycles. The maximum Gasteiger partial charge on any atom is 0.338 e. The van der Waals surface area contributed by atoms with Crippen LogP contribution in [0.2, 0.25) is 5.02 Å². The number of hydrogen-bond donors (Lipinski definition) is 0. The Balaban J connectivity index is 2.32. The molecule has 25 heavy (non-hydrogen) atoms. The molecule has 0 aliphatic heterocycles. The summed E-state index contributed by atoms with van der Waals surface area (Å²) in [6.45, 7) is 9.99. The largest absolute Gasteiger partial charge is 0.489 e. The molecule has 0 heterocycles. The summed E-state index contributed by atoms with van der Waals surface area (Å²) in [6.07, 6.45) is 0.652. The zero-order chi connectivity index (χ0) is 18.6. The zero-order valence-electron chi connectivity index (χ0n) is 15.5. The Bertz CT molecular complexity index is 766. The molecule has 0 radical (unpaired) electrons. The van der Waals surface area contributed by atoms with E-state index in [1.807, 2.05) is 52.0 Å². The molecule has 0 atom stereocenters. The van der Waals surface area contributed by atoms with E-state index < -0.39 is 0 Å². The first kappa shape index (κ1) is 19.3. The molecule has 0 fully saturated rings. The second-order valence-corrected chi connectivity index (χ2v) is 6.81. The van der Waals surface area contributed by atoms with Gasteiger partial charge < -0.3 is 9.47 Å². The second kappa shape index (κ2) is 8.39. The lowest BCUT2D eigenvalue weighted by atomic mass is 9.99. The quantitative estimate of drug-likeness (QED) is 0.623. The third-order valence-electron chi connectivity index (χ3n) is 4.04. The van der Waals surface area contributed by atoms with Crippen molar-refractivity contribution in [2.24, 2.45) is 0 Å². The van der Waals surface area contributed by atoms with Gasteiger partial charge in [-0.1, -0.05) is 36.7 Å². The summed E-state index contributed by atoms with van der Waals surface area (Å²) in [4.78, 5) is 12.4. The van der Waals surface area contributed by atoms with Gasteiger partial charge in [-0.2, -0.15) is 0 Å². The molecule has 0 spiro atoms. The Kier molecular flexibility index (Phi) is 6.49. The van der Waals surface area contributed by atoms with Crippen LogP contribution in [0.1, 0.15) is 53.4 Å². The Morgan fingerprint density at radius 1 is 1.16 bits per heavy atom. The van der Waals surface area contributed by atoms with Crippen molar-refractivity contribution in [3.63, 3.8) is 0 Å². The third-order valence-corrected chi connectivity index (χ3v) is 4.45. The topological polar surface area (TPSA) is 35.5 Å². The molecule has 0 amide bonds. The van der Waals surface area contributed by atoms with Crippen LogP contribution in [-0.2, 0) is 17.8 Å². The molecule has 134 valence electrons. The number of esters is 1. The van der Waals surface area contributed by atoms with Crippen LogP contribution >= 0.6 is 11.6 Å². The molecule has 2 rings (SSSR count). The van der Waals surface area contributed by atoms with Crippen molar-refractivity contribution < 1.29 is 14.3 Å². The standard InChI is InChI=1S/C21H25ClO3/c1-6-16-8-7-9-17(21(23)25-13(2)3)18(16)12-24-20-11-19(22)14(4)10-15(20)5/h7-11,13H,6,12H2,1-5H3. The first-order valence-electron chi connectivity index (χ1n) is 8.54. The van der Waals surface area contributed by atoms with Crippen molar-refractivity contribution in [2.75, 3.05) is 0 Å². The van der Waals surface area contributed by atoms with Crippen LogP contribution in [0.15, 0.2) is 30.3 Å². The zero-order valence-corrected chi connectivity index (χ0v) is 16.2. The molecule has 0 saturated carbocycles. The van der Waals surface area contributed by atoms with Crippen LogP contribution < -0.4 is 4.74 Å². The van der Waals surface area contributed by atoms with Gasteiger partial charge in [-0.3, -0.25) is 0 Å². The van der Waals surface area contributed by atoms with E-state index in [0.29, 0.717) is 17.2 Å². The highest BCUT2D eigenvalue weighted by Crippen LogP contribution is 2.28. The molecule has 3 nitrogen and oxygen atoms in total. The van der Waals surface area contributed by atoms with Crippen molar-refractivity contribution in [2.45, 2.75) is 53.8 Å². The fraction of sp³-hybridized carbons (Fsp3) is 0.381. The maximum absolute atomic E-state index is 12.4. The predicted octanol–water partition coefficient (Wildman–Crippen LogP) is 5.66. The number of benzene rings is 2. The number of carbonyl (C=O) groups is 1. The molecule has 0 saturated heterocycles. The van der Waals surface area contributed by atoms with E-state index >= 15 is 0 Å². The molecule has 2 aromatic rings. The minimum absolute atomic E-state index is 0.162. The molecule has 2 aromatic carbocycles. The van der Waals surface area contributed by atoms with Gasteiger partial charge in [0.1, 0.15) is 12.4 Å². The number of carbonyl (C=O) groups excluding carboxylic acids is 1. The van der Waals surface area contributed by atoms with Crippen molar-refractivity contribution in [3.8, 4) is 5.75 Å². The highest BCUT2D eigenvalue weighted by atomic mass is 35.5. The van der Waals surface area contributed by atoms with Gasteiger partial charge in [0.2, 0.25) is 0 Å². The fourth-order valence-electron chi connectivity index (χ4n) is 2.72. The van der Waals surface area contributed by atoms with E-state index in [0.717, 1.165) is 34.4 Å². The molecule has 0 N–H and O–H groups in total. The van der Waals surface area contributed by atoms with Gasteiger partial charge in [0.25, 0.3) is 0 Å². The highest BCUT2D eigenvalue weighted by molar-refractivity contribution is 6.31. The number of hydrogen-bond acceptors (Lipinski definition) is 3. The Morgan fingerprint density at radius 3 is 2.52 bits per heavy atom. The van der Waals surface area contributed by atoms with Crippen molar-refractivity contribution in [1.82, 2.24) is 0 Å². The summed E-state index contributed by atoms with van der Waals surface area (Å²) < 4.78 is 11.4. The number of ether oxygens (including phenoxy) is 2. The second-order valence-electron chi connectivity index (χ2n) is 6.41. The minimum atomic E-state index is -0.317. The van der Waals surface area contributed by atoms with E-state index in [4.69, 9.17) is 21.1 Å². The van der Waals surface area contributed by atoms with Crippen molar-refractivity contribution in [3.05, 3.63) is 63.2 Å². The van der Waals surface area contributed by atoms with Crippen LogP contribution in [0.4, 0.5) is 0 Å². The van der Waals surface area contributed by atoms with Crippen LogP contribution in [-0.4, -0.2) is 12.1 Å². The third kappa shape index (κ3) is 4.76. The van der Waals surface area contributed by atoms with Gasteiger partial charge in [0.15, 0.2) is 0 Å². The fourth-order valence-corrected chi connectivity index (χ4v) is 2.87. The van der Waals surface area contributed by atoms with E-state index in [1.54, 1.807) is 6.07 Å². The molecular weight excluding hydrogens is 336 g/mol. The van der Waals surface area contributed by atoms with Crippen LogP contribution in [0, 0.1) is 13.8 Å². The molecule has 4 heteroatoms. The summed E-state index contributed by atoms with van der Waals surface area (Å²) in [5.74, 6) is 0.409. The molecule has 0 aliphatic rings. The molecule has 0 aromatic heterocycles. The lowest BCUT2D eigenvalue weighted by molar-refractivity contribution is 0.0375. The average Bonchev–Trinajstić information content (AvgIpc) is 2.56. The molecular formula is C21H25ClO3. The summed E-state index contributed by atoms with van der Waals surface area (Å²) in [5, 5.41) is 0.670.